The average Bonchev–Trinajstić information content (AvgIpc) is 2.13. The van der Waals surface area contributed by atoms with Crippen molar-refractivity contribution in [3.05, 3.63) is 5.21 Å². The van der Waals surface area contributed by atoms with E-state index >= 15 is 0 Å². The van der Waals surface area contributed by atoms with Crippen LogP contribution in [-0.4, -0.2) is 43.8 Å². The highest BCUT2D eigenvalue weighted by Gasteiger charge is 2.16. The molecule has 0 N–H and O–H groups in total. The molecule has 0 radical (unpaired) electrons. The van der Waals surface area contributed by atoms with Gasteiger partial charge in [0.15, 0.2) is 6.73 Å². The summed E-state index contributed by atoms with van der Waals surface area (Å²) in [5.41, 5.74) is 0. The van der Waals surface area contributed by atoms with Crippen LogP contribution in [0.4, 0.5) is 0 Å². The number of ether oxygens (including phenoxy) is 2. The maximum Gasteiger partial charge on any atom is 0.235 e. The second-order valence-electron chi connectivity index (χ2n) is 2.82. The van der Waals surface area contributed by atoms with E-state index in [2.05, 4.69) is 14.9 Å². The summed E-state index contributed by atoms with van der Waals surface area (Å²) in [7, 11) is 2.94. The molecule has 0 saturated carbocycles. The number of methoxy groups -OCH3 is 2. The molecule has 0 amide bonds. The summed E-state index contributed by atoms with van der Waals surface area (Å²) in [6, 6.07) is -0.0256. The number of rotatable bonds is 7. The molecule has 0 aromatic carbocycles. The molecule has 0 aliphatic carbocycles. The van der Waals surface area contributed by atoms with Crippen LogP contribution in [-0.2, 0) is 14.3 Å². The van der Waals surface area contributed by atoms with Crippen molar-refractivity contribution in [3.63, 3.8) is 0 Å². The van der Waals surface area contributed by atoms with E-state index in [9.17, 15) is 5.21 Å². The van der Waals surface area contributed by atoms with Gasteiger partial charge in [0.25, 0.3) is 0 Å². The third kappa shape index (κ3) is 4.83. The largest absolute Gasteiger partial charge is 0.569 e. The summed E-state index contributed by atoms with van der Waals surface area (Å²) in [6.07, 6.45) is 0. The summed E-state index contributed by atoms with van der Waals surface area (Å²) in [6.45, 7) is 3.78. The lowest BCUT2D eigenvalue weighted by atomic mass is 10.4. The van der Waals surface area contributed by atoms with Gasteiger partial charge < -0.3 is 19.5 Å². The van der Waals surface area contributed by atoms with Crippen LogP contribution < -0.4 is 0 Å². The van der Waals surface area contributed by atoms with E-state index in [1.165, 1.54) is 19.2 Å². The first-order valence-electron chi connectivity index (χ1n) is 4.18. The molecule has 14 heavy (non-hydrogen) atoms. The molecule has 0 aromatic heterocycles. The smallest absolute Gasteiger partial charge is 0.235 e. The van der Waals surface area contributed by atoms with Gasteiger partial charge in [-0.3, -0.25) is 0 Å². The number of nitrogens with zero attached hydrogens (tertiary/aromatic N) is 3. The molecule has 7 heteroatoms. The summed E-state index contributed by atoms with van der Waals surface area (Å²) in [5.74, 6) is 0. The standard InChI is InChI=1S/C7H17N3O4/c1-7(2)9(5-12-3)10(11)8-14-6-13-4/h7H,5-6H2,1-4H3/b10-8-. The first-order valence-corrected chi connectivity index (χ1v) is 4.18. The Kier molecular flexibility index (Phi) is 6.77. The average molecular weight is 207 g/mol. The molecule has 0 aliphatic rings. The van der Waals surface area contributed by atoms with Crippen LogP contribution in [0.3, 0.4) is 0 Å². The third-order valence-electron chi connectivity index (χ3n) is 1.38. The van der Waals surface area contributed by atoms with Gasteiger partial charge in [-0.2, -0.15) is 0 Å². The second kappa shape index (κ2) is 7.34. The van der Waals surface area contributed by atoms with Crippen molar-refractivity contribution in [1.29, 1.82) is 0 Å². The van der Waals surface area contributed by atoms with Crippen LogP contribution in [0, 0.1) is 5.21 Å². The van der Waals surface area contributed by atoms with Crippen molar-refractivity contribution < 1.29 is 19.3 Å². The van der Waals surface area contributed by atoms with E-state index in [1.807, 2.05) is 13.8 Å². The lowest BCUT2D eigenvalue weighted by Crippen LogP contribution is -2.38. The molecule has 0 atom stereocenters. The van der Waals surface area contributed by atoms with Crippen molar-refractivity contribution in [2.75, 3.05) is 27.7 Å². The van der Waals surface area contributed by atoms with Crippen LogP contribution in [0.25, 0.3) is 0 Å². The Morgan fingerprint density at radius 2 is 2.00 bits per heavy atom. The minimum atomic E-state index is -0.0579. The lowest BCUT2D eigenvalue weighted by Gasteiger charge is -2.20. The normalized spacial score (nSPS) is 11.9. The lowest BCUT2D eigenvalue weighted by molar-refractivity contribution is -0.724. The zero-order valence-corrected chi connectivity index (χ0v) is 8.97. The first-order chi connectivity index (χ1) is 6.63. The predicted molar refractivity (Wildman–Crippen MR) is 47.9 cm³/mol. The van der Waals surface area contributed by atoms with Crippen LogP contribution in [0.1, 0.15) is 13.8 Å². The number of hydrazine groups is 1. The highest BCUT2D eigenvalue weighted by Crippen LogP contribution is 1.99. The summed E-state index contributed by atoms with van der Waals surface area (Å²) in [5, 5.41) is 15.9. The first kappa shape index (κ1) is 12.9. The molecule has 0 saturated heterocycles. The van der Waals surface area contributed by atoms with Crippen molar-refractivity contribution >= 4 is 0 Å². The van der Waals surface area contributed by atoms with E-state index in [0.717, 1.165) is 0 Å². The Hall–Kier alpha value is -1.08. The monoisotopic (exact) mass is 207 g/mol. The van der Waals surface area contributed by atoms with Gasteiger partial charge in [-0.15, -0.1) is 5.01 Å². The maximum absolute atomic E-state index is 11.3. The number of hydrogen-bond donors (Lipinski definition) is 0. The summed E-state index contributed by atoms with van der Waals surface area (Å²) >= 11 is 0. The van der Waals surface area contributed by atoms with Crippen LogP contribution in [0.2, 0.25) is 0 Å². The van der Waals surface area contributed by atoms with Crippen molar-refractivity contribution in [2.45, 2.75) is 19.9 Å². The van der Waals surface area contributed by atoms with E-state index in [4.69, 9.17) is 4.74 Å². The fraction of sp³-hybridized carbons (Fsp3) is 1.00. The Morgan fingerprint density at radius 1 is 1.36 bits per heavy atom. The summed E-state index contributed by atoms with van der Waals surface area (Å²) in [4.78, 5) is 4.88. The fourth-order valence-electron chi connectivity index (χ4n) is 0.701. The van der Waals surface area contributed by atoms with Gasteiger partial charge in [0.1, 0.15) is 0 Å². The minimum absolute atomic E-state index is 0.0256. The molecule has 0 aromatic rings. The van der Waals surface area contributed by atoms with Gasteiger partial charge in [-0.25, -0.2) is 0 Å². The van der Waals surface area contributed by atoms with E-state index in [1.54, 1.807) is 0 Å². The molecular weight excluding hydrogens is 190 g/mol. The fourth-order valence-corrected chi connectivity index (χ4v) is 0.701. The highest BCUT2D eigenvalue weighted by atomic mass is 16.8. The summed E-state index contributed by atoms with van der Waals surface area (Å²) < 4.78 is 9.39. The van der Waals surface area contributed by atoms with E-state index < -0.39 is 0 Å². The Balaban J connectivity index is 4.12. The van der Waals surface area contributed by atoms with Crippen LogP contribution in [0.5, 0.6) is 0 Å². The molecule has 7 nitrogen and oxygen atoms in total. The molecular formula is C7H17N3O4. The third-order valence-corrected chi connectivity index (χ3v) is 1.38. The molecule has 0 spiro atoms. The molecule has 0 bridgehead atoms. The van der Waals surface area contributed by atoms with Crippen LogP contribution in [0.15, 0.2) is 5.28 Å². The highest BCUT2D eigenvalue weighted by molar-refractivity contribution is 4.44. The quantitative estimate of drug-likeness (QED) is 0.202. The molecule has 0 aliphatic heterocycles. The number of hydrogen-bond acceptors (Lipinski definition) is 5. The van der Waals surface area contributed by atoms with Gasteiger partial charge in [0, 0.05) is 14.2 Å². The van der Waals surface area contributed by atoms with E-state index in [0.29, 0.717) is 4.97 Å². The Labute approximate surface area is 83.4 Å². The molecule has 0 unspecified atom stereocenters. The second-order valence-corrected chi connectivity index (χ2v) is 2.82. The maximum atomic E-state index is 11.3. The van der Waals surface area contributed by atoms with Gasteiger partial charge in [0.2, 0.25) is 12.1 Å². The Morgan fingerprint density at radius 3 is 2.43 bits per heavy atom. The van der Waals surface area contributed by atoms with E-state index in [-0.39, 0.29) is 19.6 Å². The zero-order valence-electron chi connectivity index (χ0n) is 8.97. The molecule has 0 fully saturated rings. The molecule has 84 valence electrons. The van der Waals surface area contributed by atoms with Gasteiger partial charge in [-0.05, 0) is 13.8 Å². The predicted octanol–water partition coefficient (Wildman–Crippen LogP) is 0.714. The van der Waals surface area contributed by atoms with Gasteiger partial charge in [-0.1, -0.05) is 0 Å². The minimum Gasteiger partial charge on any atom is -0.569 e. The molecule has 0 heterocycles. The van der Waals surface area contributed by atoms with Gasteiger partial charge >= 0.3 is 0 Å². The zero-order chi connectivity index (χ0) is 11.0. The van der Waals surface area contributed by atoms with Crippen LogP contribution >= 0.6 is 0 Å². The van der Waals surface area contributed by atoms with Crippen molar-refractivity contribution in [3.8, 4) is 0 Å². The Bertz CT molecular complexity index is 174. The van der Waals surface area contributed by atoms with Crippen molar-refractivity contribution in [2.24, 2.45) is 5.28 Å². The van der Waals surface area contributed by atoms with Crippen molar-refractivity contribution in [1.82, 2.24) is 5.01 Å². The van der Waals surface area contributed by atoms with Gasteiger partial charge in [0.05, 0.1) is 11.0 Å². The topological polar surface area (TPSA) is 69.4 Å². The molecule has 0 rings (SSSR count). The SMILES string of the molecule is COCO/N=[N+](\[O-])N(COC)C(C)C.